The molecular weight excluding hydrogens is 368 g/mol. The monoisotopic (exact) mass is 386 g/mol. The average Bonchev–Trinajstić information content (AvgIpc) is 2.95. The summed E-state index contributed by atoms with van der Waals surface area (Å²) in [6.07, 6.45) is -0.0606. The molecule has 0 aromatic heterocycles. The van der Waals surface area contributed by atoms with Gasteiger partial charge in [0.15, 0.2) is 0 Å². The molecule has 0 spiro atoms. The Balaban J connectivity index is 1.86. The highest BCUT2D eigenvalue weighted by molar-refractivity contribution is 6.31. The minimum absolute atomic E-state index is 0.0606. The molecule has 3 amide bonds. The van der Waals surface area contributed by atoms with E-state index in [1.165, 1.54) is 18.9 Å². The molecule has 7 heteroatoms. The maximum absolute atomic E-state index is 12.9. The molecular formula is C20H19ClN2O4. The molecule has 1 saturated heterocycles. The molecule has 0 aliphatic carbocycles. The number of carbonyl (C=O) groups is 3. The highest BCUT2D eigenvalue weighted by Crippen LogP contribution is 2.29. The minimum Gasteiger partial charge on any atom is -0.497 e. The van der Waals surface area contributed by atoms with Gasteiger partial charge in [0.25, 0.3) is 5.91 Å². The molecule has 27 heavy (non-hydrogen) atoms. The lowest BCUT2D eigenvalue weighted by molar-refractivity contribution is -0.137. The number of hydrogen-bond donors (Lipinski definition) is 0. The van der Waals surface area contributed by atoms with Crippen LogP contribution in [0, 0.1) is 0 Å². The Kier molecular flexibility index (Phi) is 5.46. The Bertz CT molecular complexity index is 882. The highest BCUT2D eigenvalue weighted by atomic mass is 35.5. The largest absolute Gasteiger partial charge is 0.497 e. The van der Waals surface area contributed by atoms with Gasteiger partial charge >= 0.3 is 0 Å². The van der Waals surface area contributed by atoms with E-state index in [4.69, 9.17) is 16.3 Å². The molecule has 140 valence electrons. The summed E-state index contributed by atoms with van der Waals surface area (Å²) < 4.78 is 5.10. The van der Waals surface area contributed by atoms with Crippen molar-refractivity contribution >= 4 is 35.0 Å². The Morgan fingerprint density at radius 2 is 1.85 bits per heavy atom. The number of carbonyl (C=O) groups excluding carboxylic acids is 3. The number of halogens is 1. The zero-order valence-electron chi connectivity index (χ0n) is 15.0. The summed E-state index contributed by atoms with van der Waals surface area (Å²) in [5.74, 6) is -0.441. The predicted molar refractivity (Wildman–Crippen MR) is 102 cm³/mol. The number of nitrogens with zero attached hydrogens (tertiary/aromatic N) is 2. The van der Waals surface area contributed by atoms with E-state index >= 15 is 0 Å². The molecule has 1 fully saturated rings. The molecule has 1 atom stereocenters. The number of rotatable bonds is 5. The fourth-order valence-corrected chi connectivity index (χ4v) is 3.31. The van der Waals surface area contributed by atoms with Gasteiger partial charge in [0.2, 0.25) is 11.8 Å². The van der Waals surface area contributed by atoms with Crippen LogP contribution >= 0.6 is 11.6 Å². The van der Waals surface area contributed by atoms with E-state index in [9.17, 15) is 14.4 Å². The van der Waals surface area contributed by atoms with Crippen LogP contribution in [0.2, 0.25) is 5.02 Å². The maximum Gasteiger partial charge on any atom is 0.257 e. The van der Waals surface area contributed by atoms with E-state index in [-0.39, 0.29) is 24.8 Å². The van der Waals surface area contributed by atoms with E-state index in [1.807, 2.05) is 6.07 Å². The number of benzene rings is 2. The topological polar surface area (TPSA) is 66.9 Å². The van der Waals surface area contributed by atoms with Gasteiger partial charge in [0.1, 0.15) is 11.8 Å². The van der Waals surface area contributed by atoms with Gasteiger partial charge < -0.3 is 9.64 Å². The van der Waals surface area contributed by atoms with Gasteiger partial charge in [-0.05, 0) is 35.9 Å². The second-order valence-electron chi connectivity index (χ2n) is 6.22. The molecule has 1 aliphatic heterocycles. The molecule has 0 bridgehead atoms. The van der Waals surface area contributed by atoms with Crippen LogP contribution in [-0.4, -0.2) is 35.8 Å². The smallest absolute Gasteiger partial charge is 0.257 e. The fourth-order valence-electron chi connectivity index (χ4n) is 3.11. The van der Waals surface area contributed by atoms with Crippen molar-refractivity contribution < 1.29 is 19.1 Å². The standard InChI is InChI=1S/C20H19ClN2O4/c1-13(24)22(12-14-5-3-4-6-17(14)21)18-11-19(25)23(20(18)26)15-7-9-16(27-2)10-8-15/h3-10,18H,11-12H2,1-2H3. The van der Waals surface area contributed by atoms with Crippen LogP contribution in [0.1, 0.15) is 18.9 Å². The molecule has 0 radical (unpaired) electrons. The number of hydrogen-bond acceptors (Lipinski definition) is 4. The summed E-state index contributed by atoms with van der Waals surface area (Å²) in [6, 6.07) is 12.9. The second-order valence-corrected chi connectivity index (χ2v) is 6.63. The lowest BCUT2D eigenvalue weighted by atomic mass is 10.1. The molecule has 1 aliphatic rings. The summed E-state index contributed by atoms with van der Waals surface area (Å²) in [6.45, 7) is 1.54. The first-order valence-electron chi connectivity index (χ1n) is 8.44. The second kappa shape index (κ2) is 7.80. The molecule has 1 heterocycles. The van der Waals surface area contributed by atoms with E-state index in [1.54, 1.807) is 42.5 Å². The van der Waals surface area contributed by atoms with Crippen molar-refractivity contribution in [2.75, 3.05) is 12.0 Å². The van der Waals surface area contributed by atoms with Gasteiger partial charge in [-0.1, -0.05) is 29.8 Å². The van der Waals surface area contributed by atoms with Crippen molar-refractivity contribution in [3.63, 3.8) is 0 Å². The molecule has 6 nitrogen and oxygen atoms in total. The van der Waals surface area contributed by atoms with Crippen LogP contribution < -0.4 is 9.64 Å². The number of amides is 3. The van der Waals surface area contributed by atoms with Gasteiger partial charge in [0.05, 0.1) is 19.2 Å². The zero-order valence-corrected chi connectivity index (χ0v) is 15.8. The first-order chi connectivity index (χ1) is 12.9. The summed E-state index contributed by atoms with van der Waals surface area (Å²) in [4.78, 5) is 40.2. The third-order valence-electron chi connectivity index (χ3n) is 4.53. The molecule has 2 aromatic rings. The van der Waals surface area contributed by atoms with Crippen molar-refractivity contribution in [3.05, 3.63) is 59.1 Å². The molecule has 0 N–H and O–H groups in total. The first-order valence-corrected chi connectivity index (χ1v) is 8.81. The maximum atomic E-state index is 12.9. The SMILES string of the molecule is COc1ccc(N2C(=O)CC(N(Cc3ccccc3Cl)C(C)=O)C2=O)cc1. The summed E-state index contributed by atoms with van der Waals surface area (Å²) in [5, 5.41) is 0.507. The van der Waals surface area contributed by atoms with Crippen LogP contribution in [0.3, 0.4) is 0 Å². The van der Waals surface area contributed by atoms with Crippen molar-refractivity contribution in [1.29, 1.82) is 0 Å². The molecule has 0 saturated carbocycles. The Labute approximate surface area is 162 Å². The van der Waals surface area contributed by atoms with Crippen LogP contribution in [-0.2, 0) is 20.9 Å². The third kappa shape index (κ3) is 3.80. The third-order valence-corrected chi connectivity index (χ3v) is 4.90. The normalized spacial score (nSPS) is 16.6. The lowest BCUT2D eigenvalue weighted by Crippen LogP contribution is -2.44. The van der Waals surface area contributed by atoms with Gasteiger partial charge in [-0.2, -0.15) is 0 Å². The van der Waals surface area contributed by atoms with Crippen molar-refractivity contribution in [2.24, 2.45) is 0 Å². The van der Waals surface area contributed by atoms with Crippen molar-refractivity contribution in [3.8, 4) is 5.75 Å². The summed E-state index contributed by atoms with van der Waals surface area (Å²) in [7, 11) is 1.54. The number of ether oxygens (including phenoxy) is 1. The Morgan fingerprint density at radius 1 is 1.19 bits per heavy atom. The number of imide groups is 1. The van der Waals surface area contributed by atoms with E-state index < -0.39 is 11.9 Å². The van der Waals surface area contributed by atoms with E-state index in [0.717, 1.165) is 10.5 Å². The van der Waals surface area contributed by atoms with Crippen LogP contribution in [0.15, 0.2) is 48.5 Å². The predicted octanol–water partition coefficient (Wildman–Crippen LogP) is 3.03. The Hall–Kier alpha value is -2.86. The van der Waals surface area contributed by atoms with Gasteiger partial charge in [0, 0.05) is 18.5 Å². The fraction of sp³-hybridized carbons (Fsp3) is 0.250. The van der Waals surface area contributed by atoms with Gasteiger partial charge in [-0.15, -0.1) is 0 Å². The lowest BCUT2D eigenvalue weighted by Gasteiger charge is -2.27. The van der Waals surface area contributed by atoms with Crippen molar-refractivity contribution in [1.82, 2.24) is 4.90 Å². The van der Waals surface area contributed by atoms with Gasteiger partial charge in [-0.3, -0.25) is 14.4 Å². The summed E-state index contributed by atoms with van der Waals surface area (Å²) >= 11 is 6.19. The van der Waals surface area contributed by atoms with Crippen LogP contribution in [0.5, 0.6) is 5.75 Å². The average molecular weight is 387 g/mol. The van der Waals surface area contributed by atoms with Crippen LogP contribution in [0.25, 0.3) is 0 Å². The molecule has 1 unspecified atom stereocenters. The quantitative estimate of drug-likeness (QED) is 0.741. The number of anilines is 1. The summed E-state index contributed by atoms with van der Waals surface area (Å²) in [5.41, 5.74) is 1.17. The first kappa shape index (κ1) is 18.9. The number of methoxy groups -OCH3 is 1. The Morgan fingerprint density at radius 3 is 2.44 bits per heavy atom. The minimum atomic E-state index is -0.853. The van der Waals surface area contributed by atoms with Crippen molar-refractivity contribution in [2.45, 2.75) is 25.9 Å². The molecule has 3 rings (SSSR count). The van der Waals surface area contributed by atoms with E-state index in [2.05, 4.69) is 0 Å². The highest BCUT2D eigenvalue weighted by Gasteiger charge is 2.43. The van der Waals surface area contributed by atoms with Gasteiger partial charge in [-0.25, -0.2) is 4.90 Å². The zero-order chi connectivity index (χ0) is 19.6. The van der Waals surface area contributed by atoms with Crippen LogP contribution in [0.4, 0.5) is 5.69 Å². The molecule has 2 aromatic carbocycles. The van der Waals surface area contributed by atoms with E-state index in [0.29, 0.717) is 16.5 Å².